The maximum Gasteiger partial charge on any atom is 0.310 e. The fraction of sp³-hybridized carbons (Fsp3) is 0.774. The van der Waals surface area contributed by atoms with Crippen LogP contribution in [0.1, 0.15) is 73.1 Å². The van der Waals surface area contributed by atoms with Gasteiger partial charge in [-0.15, -0.1) is 0 Å². The van der Waals surface area contributed by atoms with E-state index in [0.29, 0.717) is 18.2 Å². The van der Waals surface area contributed by atoms with E-state index in [4.69, 9.17) is 28.4 Å². The molecule has 0 N–H and O–H groups in total. The monoisotopic (exact) mass is 549 g/mol. The van der Waals surface area contributed by atoms with Gasteiger partial charge in [0.2, 0.25) is 0 Å². The summed E-state index contributed by atoms with van der Waals surface area (Å²) in [6.45, 7) is 10.3. The summed E-state index contributed by atoms with van der Waals surface area (Å²) < 4.78 is 36.7. The first-order valence-corrected chi connectivity index (χ1v) is 14.6. The van der Waals surface area contributed by atoms with Crippen LogP contribution in [0.4, 0.5) is 0 Å². The summed E-state index contributed by atoms with van der Waals surface area (Å²) in [6, 6.07) is 0.391. The molecule has 39 heavy (non-hydrogen) atoms. The molecular weight excluding hydrogens is 498 g/mol. The molecule has 3 aliphatic rings. The fourth-order valence-corrected chi connectivity index (χ4v) is 5.83. The van der Waals surface area contributed by atoms with Gasteiger partial charge in [-0.25, -0.2) is 0 Å². The van der Waals surface area contributed by atoms with Crippen molar-refractivity contribution < 1.29 is 33.2 Å². The van der Waals surface area contributed by atoms with E-state index in [0.717, 1.165) is 25.7 Å². The molecule has 0 aromatic heterocycles. The minimum atomic E-state index is -0.330. The van der Waals surface area contributed by atoms with Gasteiger partial charge in [-0.3, -0.25) is 4.79 Å². The van der Waals surface area contributed by atoms with Crippen molar-refractivity contribution in [2.45, 2.75) is 122 Å². The lowest BCUT2D eigenvalue weighted by Gasteiger charge is -2.39. The van der Waals surface area contributed by atoms with E-state index in [2.05, 4.69) is 38.9 Å². The van der Waals surface area contributed by atoms with Crippen LogP contribution in [0.5, 0.6) is 0 Å². The van der Waals surface area contributed by atoms with Gasteiger partial charge >= 0.3 is 5.97 Å². The quantitative estimate of drug-likeness (QED) is 0.409. The van der Waals surface area contributed by atoms with Crippen LogP contribution in [0.2, 0.25) is 0 Å². The Kier molecular flexibility index (Phi) is 12.5. The minimum Gasteiger partial charge on any atom is -0.499 e. The highest BCUT2D eigenvalue weighted by atomic mass is 16.7. The van der Waals surface area contributed by atoms with Crippen LogP contribution in [0.15, 0.2) is 36.1 Å². The van der Waals surface area contributed by atoms with E-state index >= 15 is 0 Å². The van der Waals surface area contributed by atoms with Crippen LogP contribution in [0.25, 0.3) is 0 Å². The predicted molar refractivity (Wildman–Crippen MR) is 151 cm³/mol. The van der Waals surface area contributed by atoms with Gasteiger partial charge in [0.1, 0.15) is 18.0 Å². The van der Waals surface area contributed by atoms with Crippen molar-refractivity contribution in [3.05, 3.63) is 36.1 Å². The summed E-state index contributed by atoms with van der Waals surface area (Å²) in [7, 11) is 5.83. The van der Waals surface area contributed by atoms with E-state index in [1.165, 1.54) is 0 Å². The van der Waals surface area contributed by atoms with Crippen LogP contribution in [0, 0.1) is 11.8 Å². The Hall–Kier alpha value is -1.71. The topological polar surface area (TPSA) is 75.7 Å². The first kappa shape index (κ1) is 31.8. The summed E-state index contributed by atoms with van der Waals surface area (Å²) in [6.07, 6.45) is 13.1. The van der Waals surface area contributed by atoms with E-state index in [1.54, 1.807) is 13.2 Å². The van der Waals surface area contributed by atoms with Crippen molar-refractivity contribution in [2.24, 2.45) is 11.8 Å². The highest BCUT2D eigenvalue weighted by Crippen LogP contribution is 2.38. The Morgan fingerprint density at radius 3 is 2.46 bits per heavy atom. The summed E-state index contributed by atoms with van der Waals surface area (Å²) in [5.74, 6) is 0.685. The second kappa shape index (κ2) is 15.3. The standard InChI is InChI=1S/C31H51NO7/c1-20(2)35-30-19-24-18-21(3)26(38-29-17-14-25(32(6)7)23(5)37-29)13-11-9-10-12-22(4)36-28(33)16-15-27(34-8)31(24)39-30/h9-11,13,15,20-26,29-31H,12,14,16-19H2,1-8H3/b10-9+,13-11+,27-15-/t21-,22-,23-,24-,25+,26+,29?,30-,31-/m1/s1. The fourth-order valence-electron chi connectivity index (χ4n) is 5.83. The zero-order chi connectivity index (χ0) is 28.5. The van der Waals surface area contributed by atoms with Crippen LogP contribution >= 0.6 is 0 Å². The number of carbonyl (C=O) groups excluding carboxylic acids is 1. The molecule has 0 bridgehead atoms. The second-order valence-electron chi connectivity index (χ2n) is 11.7. The van der Waals surface area contributed by atoms with E-state index in [9.17, 15) is 4.79 Å². The van der Waals surface area contributed by atoms with E-state index in [1.807, 2.05) is 39.0 Å². The molecule has 9 atom stereocenters. The molecule has 3 heterocycles. The molecule has 0 aliphatic carbocycles. The minimum absolute atomic E-state index is 0.0436. The normalized spacial score (nSPS) is 40.0. The van der Waals surface area contributed by atoms with Gasteiger partial charge in [0.15, 0.2) is 12.6 Å². The van der Waals surface area contributed by atoms with Gasteiger partial charge < -0.3 is 33.3 Å². The van der Waals surface area contributed by atoms with Crippen LogP contribution in [-0.2, 0) is 33.2 Å². The molecule has 222 valence electrons. The largest absolute Gasteiger partial charge is 0.499 e. The lowest BCUT2D eigenvalue weighted by atomic mass is 9.86. The molecule has 3 rings (SSSR count). The van der Waals surface area contributed by atoms with Crippen molar-refractivity contribution in [2.75, 3.05) is 21.2 Å². The average Bonchev–Trinajstić information content (AvgIpc) is 3.23. The third-order valence-electron chi connectivity index (χ3n) is 7.79. The van der Waals surface area contributed by atoms with Gasteiger partial charge in [-0.2, -0.15) is 0 Å². The van der Waals surface area contributed by atoms with Crippen molar-refractivity contribution in [3.63, 3.8) is 0 Å². The molecule has 2 saturated heterocycles. The highest BCUT2D eigenvalue weighted by molar-refractivity contribution is 5.71. The zero-order valence-electron chi connectivity index (χ0n) is 25.2. The first-order valence-electron chi connectivity index (χ1n) is 14.6. The Bertz CT molecular complexity index is 854. The Morgan fingerprint density at radius 1 is 1.03 bits per heavy atom. The smallest absolute Gasteiger partial charge is 0.310 e. The average molecular weight is 550 g/mol. The third kappa shape index (κ3) is 9.71. The van der Waals surface area contributed by atoms with Gasteiger partial charge in [0, 0.05) is 18.9 Å². The van der Waals surface area contributed by atoms with Crippen LogP contribution in [-0.4, -0.2) is 81.2 Å². The molecule has 8 heteroatoms. The van der Waals surface area contributed by atoms with E-state index < -0.39 is 0 Å². The number of allylic oxidation sites excluding steroid dienone is 2. The number of fused-ring (bicyclic) bond motifs is 1. The molecule has 0 spiro atoms. The van der Waals surface area contributed by atoms with Crippen LogP contribution in [0.3, 0.4) is 0 Å². The number of carbonyl (C=O) groups is 1. The number of rotatable bonds is 6. The highest BCUT2D eigenvalue weighted by Gasteiger charge is 2.41. The summed E-state index contributed by atoms with van der Waals surface area (Å²) >= 11 is 0. The third-order valence-corrected chi connectivity index (χ3v) is 7.79. The summed E-state index contributed by atoms with van der Waals surface area (Å²) in [5, 5.41) is 0. The van der Waals surface area contributed by atoms with Crippen LogP contribution < -0.4 is 0 Å². The van der Waals surface area contributed by atoms with Gasteiger partial charge in [0.05, 0.1) is 31.8 Å². The molecule has 0 radical (unpaired) electrons. The lowest BCUT2D eigenvalue weighted by Crippen LogP contribution is -2.46. The van der Waals surface area contributed by atoms with Gasteiger partial charge in [-0.1, -0.05) is 31.2 Å². The molecule has 0 aromatic rings. The maximum atomic E-state index is 12.5. The summed E-state index contributed by atoms with van der Waals surface area (Å²) in [4.78, 5) is 14.7. The Balaban J connectivity index is 1.83. The lowest BCUT2D eigenvalue weighted by molar-refractivity contribution is -0.224. The predicted octanol–water partition coefficient (Wildman–Crippen LogP) is 5.38. The molecule has 0 aromatic carbocycles. The van der Waals surface area contributed by atoms with Crippen molar-refractivity contribution in [1.82, 2.24) is 4.90 Å². The zero-order valence-corrected chi connectivity index (χ0v) is 25.2. The maximum absolute atomic E-state index is 12.5. The molecular formula is C31H51NO7. The number of cyclic esters (lactones) is 1. The first-order chi connectivity index (χ1) is 18.6. The number of ether oxygens (including phenoxy) is 6. The molecule has 3 aliphatic heterocycles. The molecule has 2 fully saturated rings. The van der Waals surface area contributed by atoms with Crippen molar-refractivity contribution in [3.8, 4) is 0 Å². The number of methoxy groups -OCH3 is 1. The summed E-state index contributed by atoms with van der Waals surface area (Å²) in [5.41, 5.74) is 0. The number of hydrogen-bond donors (Lipinski definition) is 0. The Morgan fingerprint density at radius 2 is 1.79 bits per heavy atom. The molecule has 0 saturated carbocycles. The number of hydrogen-bond acceptors (Lipinski definition) is 8. The van der Waals surface area contributed by atoms with Gasteiger partial charge in [-0.05, 0) is 79.0 Å². The van der Waals surface area contributed by atoms with E-state index in [-0.39, 0.29) is 67.3 Å². The second-order valence-corrected chi connectivity index (χ2v) is 11.7. The number of likely N-dealkylation sites (N-methyl/N-ethyl adjacent to an activating group) is 1. The molecule has 0 amide bonds. The number of nitrogens with zero attached hydrogens (tertiary/aromatic N) is 1. The Labute approximate surface area is 235 Å². The molecule has 1 unspecified atom stereocenters. The van der Waals surface area contributed by atoms with Gasteiger partial charge in [0.25, 0.3) is 0 Å². The number of esters is 1. The van der Waals surface area contributed by atoms with Crippen molar-refractivity contribution in [1.29, 1.82) is 0 Å². The molecule has 8 nitrogen and oxygen atoms in total. The van der Waals surface area contributed by atoms with Crippen molar-refractivity contribution >= 4 is 5.97 Å². The SMILES string of the molecule is CO/C1=C\CC(=O)O[C@H](C)C/C=C/C=C/[C@H](OC2CC[C@H](N(C)C)[C@@H](C)O2)[C@H](C)C[C@@H]2C[C@H](OC(C)C)O[C@@H]12.